The highest BCUT2D eigenvalue weighted by atomic mass is 79.9. The molecule has 0 aliphatic rings. The Morgan fingerprint density at radius 2 is 1.18 bits per heavy atom. The van der Waals surface area contributed by atoms with Crippen molar-refractivity contribution in [1.82, 2.24) is 0 Å². The number of nitrogens with zero attached hydrogens (tertiary/aromatic N) is 2. The maximum absolute atomic E-state index is 12.5. The molecule has 0 aliphatic heterocycles. The topological polar surface area (TPSA) is 72.3 Å². The van der Waals surface area contributed by atoms with Crippen LogP contribution >= 0.6 is 31.9 Å². The van der Waals surface area contributed by atoms with Gasteiger partial charge in [0.05, 0.1) is 12.1 Å². The molecule has 8 heteroatoms. The minimum atomic E-state index is 0.214. The lowest BCUT2D eigenvalue weighted by Crippen LogP contribution is -2.39. The molecule has 22 heavy (non-hydrogen) atoms. The minimum absolute atomic E-state index is 0.214. The van der Waals surface area contributed by atoms with E-state index >= 15 is 0 Å². The van der Waals surface area contributed by atoms with Gasteiger partial charge in [-0.05, 0) is 31.9 Å². The Bertz CT molecular complexity index is 787. The summed E-state index contributed by atoms with van der Waals surface area (Å²) in [5.74, 6) is 0.757. The normalized spacial score (nSPS) is 11.0. The number of aromatic nitrogens is 2. The van der Waals surface area contributed by atoms with E-state index in [0.29, 0.717) is 22.5 Å². The van der Waals surface area contributed by atoms with E-state index < -0.39 is 0 Å². The van der Waals surface area contributed by atoms with E-state index in [1.807, 2.05) is 0 Å². The minimum Gasteiger partial charge on any atom is -0.617 e. The van der Waals surface area contributed by atoms with Crippen molar-refractivity contribution in [2.75, 3.05) is 11.0 Å². The largest absolute Gasteiger partial charge is 0.617 e. The molecular formula is C14H10Br2N2O4. The van der Waals surface area contributed by atoms with Gasteiger partial charge in [-0.2, -0.15) is 9.46 Å². The lowest BCUT2D eigenvalue weighted by Gasteiger charge is -2.12. The van der Waals surface area contributed by atoms with Crippen molar-refractivity contribution in [2.24, 2.45) is 0 Å². The van der Waals surface area contributed by atoms with Gasteiger partial charge in [0, 0.05) is 12.1 Å². The van der Waals surface area contributed by atoms with E-state index in [2.05, 4.69) is 31.9 Å². The molecule has 0 saturated carbocycles. The molecule has 114 valence electrons. The van der Waals surface area contributed by atoms with Gasteiger partial charge in [0.25, 0.3) is 22.1 Å². The quantitative estimate of drug-likeness (QED) is 0.276. The summed E-state index contributed by atoms with van der Waals surface area (Å²) in [4.78, 5) is 0. The highest BCUT2D eigenvalue weighted by Gasteiger charge is 2.24. The summed E-state index contributed by atoms with van der Waals surface area (Å²) in [6.07, 6.45) is 0. The van der Waals surface area contributed by atoms with Gasteiger partial charge in [-0.3, -0.25) is 0 Å². The second-order valence-electron chi connectivity index (χ2n) is 4.37. The van der Waals surface area contributed by atoms with Gasteiger partial charge in [-0.25, -0.2) is 0 Å². The number of hydrogen-bond acceptors (Lipinski definition) is 4. The highest BCUT2D eigenvalue weighted by molar-refractivity contribution is 9.09. The maximum atomic E-state index is 12.5. The van der Waals surface area contributed by atoms with Crippen LogP contribution in [0.2, 0.25) is 0 Å². The van der Waals surface area contributed by atoms with Crippen LogP contribution in [0, 0.1) is 10.4 Å². The van der Waals surface area contributed by atoms with Gasteiger partial charge in [-0.15, -0.1) is 0 Å². The molecule has 0 aliphatic carbocycles. The van der Waals surface area contributed by atoms with Crippen molar-refractivity contribution in [1.29, 1.82) is 0 Å². The van der Waals surface area contributed by atoms with Crippen LogP contribution in [0.1, 0.15) is 0 Å². The Morgan fingerprint density at radius 3 is 1.55 bits per heavy atom. The third kappa shape index (κ3) is 2.42. The first kappa shape index (κ1) is 15.1. The molecule has 3 aromatic rings. The smallest absolute Gasteiger partial charge is 0.294 e. The lowest BCUT2D eigenvalue weighted by atomic mass is 10.2. The Hall–Kier alpha value is -1.80. The van der Waals surface area contributed by atoms with Crippen LogP contribution in [0.15, 0.2) is 36.4 Å². The molecule has 6 nitrogen and oxygen atoms in total. The molecule has 0 N–H and O–H groups in total. The first-order valence-electron chi connectivity index (χ1n) is 6.26. The molecule has 0 radical (unpaired) electrons. The predicted molar refractivity (Wildman–Crippen MR) is 88.2 cm³/mol. The number of rotatable bonds is 4. The van der Waals surface area contributed by atoms with Gasteiger partial charge in [0.2, 0.25) is 0 Å². The molecule has 0 amide bonds. The Kier molecular flexibility index (Phi) is 4.21. The maximum Gasteiger partial charge on any atom is 0.294 e. The monoisotopic (exact) mass is 428 g/mol. The third-order valence-electron chi connectivity index (χ3n) is 3.22. The molecule has 0 atom stereocenters. The van der Waals surface area contributed by atoms with E-state index in [1.54, 1.807) is 24.3 Å². The first-order valence-corrected chi connectivity index (χ1v) is 8.50. The Balaban J connectivity index is 2.39. The fourth-order valence-corrected chi connectivity index (χ4v) is 2.77. The zero-order valence-electron chi connectivity index (χ0n) is 11.2. The van der Waals surface area contributed by atoms with Gasteiger partial charge in [-0.1, -0.05) is 12.1 Å². The molecule has 0 unspecified atom stereocenters. The summed E-state index contributed by atoms with van der Waals surface area (Å²) < 4.78 is 12.3. The first-order chi connectivity index (χ1) is 10.7. The van der Waals surface area contributed by atoms with Gasteiger partial charge < -0.3 is 19.9 Å². The molecule has 3 rings (SSSR count). The molecular weight excluding hydrogens is 420 g/mol. The summed E-state index contributed by atoms with van der Waals surface area (Å²) in [6, 6.07) is 9.63. The van der Waals surface area contributed by atoms with Gasteiger partial charge in [0.15, 0.2) is 11.5 Å². The fraction of sp³-hybridized carbons (Fsp3) is 0.143. The number of halogens is 2. The molecule has 2 aromatic carbocycles. The summed E-state index contributed by atoms with van der Waals surface area (Å²) in [7, 11) is 0. The van der Waals surface area contributed by atoms with Crippen LogP contribution in [0.25, 0.3) is 22.1 Å². The van der Waals surface area contributed by atoms with Crippen molar-refractivity contribution >= 4 is 53.9 Å². The number of hydrogen-bond donors (Lipinski definition) is 0. The SMILES string of the molecule is [O-][n+]1c2ccccc2[n+]([O-])c2cc(OCBr)c(OCBr)cc21. The predicted octanol–water partition coefficient (Wildman–Crippen LogP) is 2.72. The van der Waals surface area contributed by atoms with E-state index in [9.17, 15) is 10.4 Å². The van der Waals surface area contributed by atoms with E-state index in [1.165, 1.54) is 12.1 Å². The average molecular weight is 430 g/mol. The molecule has 1 heterocycles. The number of alkyl halides is 2. The van der Waals surface area contributed by atoms with Crippen molar-refractivity contribution in [2.45, 2.75) is 0 Å². The summed E-state index contributed by atoms with van der Waals surface area (Å²) >= 11 is 6.33. The van der Waals surface area contributed by atoms with Crippen LogP contribution in [0.4, 0.5) is 0 Å². The van der Waals surface area contributed by atoms with Crippen LogP contribution < -0.4 is 18.9 Å². The molecule has 0 bridgehead atoms. The van der Waals surface area contributed by atoms with Gasteiger partial charge >= 0.3 is 0 Å². The fourth-order valence-electron chi connectivity index (χ4n) is 2.27. The number of ether oxygens (including phenoxy) is 2. The summed E-state index contributed by atoms with van der Waals surface area (Å²) in [6.45, 7) is 0. The van der Waals surface area contributed by atoms with Crippen LogP contribution in [0.5, 0.6) is 11.5 Å². The Labute approximate surface area is 142 Å². The molecule has 0 spiro atoms. The van der Waals surface area contributed by atoms with Gasteiger partial charge in [0.1, 0.15) is 11.0 Å². The van der Waals surface area contributed by atoms with Crippen LogP contribution in [-0.4, -0.2) is 11.0 Å². The molecule has 0 saturated heterocycles. The van der Waals surface area contributed by atoms with E-state index in [0.717, 1.165) is 9.46 Å². The molecule has 1 aromatic heterocycles. The standard InChI is InChI=1S/C14H10Br2N2O4/c15-7-21-13-5-11-12(6-14(13)22-8-16)18(20)10-4-2-1-3-9(10)17(11)19/h1-6H,7-8H2. The van der Waals surface area contributed by atoms with Crippen LogP contribution in [-0.2, 0) is 0 Å². The van der Waals surface area contributed by atoms with Crippen LogP contribution in [0.3, 0.4) is 0 Å². The number of para-hydroxylation sites is 2. The third-order valence-corrected chi connectivity index (χ3v) is 3.68. The van der Waals surface area contributed by atoms with Crippen molar-refractivity contribution in [3.8, 4) is 11.5 Å². The lowest BCUT2D eigenvalue weighted by molar-refractivity contribution is -0.591. The average Bonchev–Trinajstić information content (AvgIpc) is 2.54. The Morgan fingerprint density at radius 1 is 0.773 bits per heavy atom. The number of fused-ring (bicyclic) bond motifs is 2. The van der Waals surface area contributed by atoms with E-state index in [-0.39, 0.29) is 22.1 Å². The van der Waals surface area contributed by atoms with Crippen molar-refractivity contribution in [3.63, 3.8) is 0 Å². The zero-order chi connectivity index (χ0) is 15.7. The van der Waals surface area contributed by atoms with Crippen molar-refractivity contribution < 1.29 is 18.9 Å². The summed E-state index contributed by atoms with van der Waals surface area (Å²) in [5, 5.41) is 25.0. The van der Waals surface area contributed by atoms with E-state index in [4.69, 9.17) is 9.47 Å². The summed E-state index contributed by atoms with van der Waals surface area (Å²) in [5.41, 5.74) is 1.49. The number of benzene rings is 2. The highest BCUT2D eigenvalue weighted by Crippen LogP contribution is 2.31. The zero-order valence-corrected chi connectivity index (χ0v) is 14.3. The van der Waals surface area contributed by atoms with Crippen molar-refractivity contribution in [3.05, 3.63) is 46.8 Å². The second kappa shape index (κ2) is 6.13. The molecule has 0 fully saturated rings. The second-order valence-corrected chi connectivity index (χ2v) is 5.29.